The Hall–Kier alpha value is -0.0231. The van der Waals surface area contributed by atoms with E-state index in [-0.39, 0.29) is 18.5 Å². The molecule has 130 valence electrons. The average Bonchev–Trinajstić information content (AvgIpc) is 3.40. The highest BCUT2D eigenvalue weighted by molar-refractivity contribution is 6.67. The van der Waals surface area contributed by atoms with Gasteiger partial charge < -0.3 is 27.8 Å². The number of ether oxygens (including phenoxy) is 4. The van der Waals surface area contributed by atoms with Crippen LogP contribution in [0.2, 0.25) is 12.1 Å². The van der Waals surface area contributed by atoms with Crippen LogP contribution in [-0.4, -0.2) is 66.7 Å². The minimum atomic E-state index is -2.14. The first-order valence-corrected chi connectivity index (χ1v) is 10.7. The van der Waals surface area contributed by atoms with Crippen LogP contribution < -0.4 is 0 Å². The third kappa shape index (κ3) is 6.62. The van der Waals surface area contributed by atoms with Crippen LogP contribution in [0.1, 0.15) is 27.2 Å². The highest BCUT2D eigenvalue weighted by Crippen LogP contribution is 2.24. The Balaban J connectivity index is 1.78. The Kier molecular flexibility index (Phi) is 7.76. The molecule has 0 bridgehead atoms. The quantitative estimate of drug-likeness (QED) is 0.275. The molecule has 0 N–H and O–H groups in total. The van der Waals surface area contributed by atoms with E-state index < -0.39 is 8.56 Å². The molecule has 2 aliphatic rings. The van der Waals surface area contributed by atoms with Gasteiger partial charge >= 0.3 is 8.56 Å². The molecule has 2 heterocycles. The van der Waals surface area contributed by atoms with Crippen molar-refractivity contribution < 1.29 is 27.8 Å². The maximum atomic E-state index is 6.00. The Bertz CT molecular complexity index is 286. The summed E-state index contributed by atoms with van der Waals surface area (Å²) in [4.78, 5) is 0. The molecular formula is C15H30O6Si. The number of hydrogen-bond donors (Lipinski definition) is 0. The van der Waals surface area contributed by atoms with Crippen molar-refractivity contribution in [3.05, 3.63) is 0 Å². The second kappa shape index (κ2) is 9.32. The van der Waals surface area contributed by atoms with Gasteiger partial charge in [0.2, 0.25) is 0 Å². The molecule has 0 aromatic rings. The van der Waals surface area contributed by atoms with E-state index in [2.05, 4.69) is 6.92 Å². The lowest BCUT2D eigenvalue weighted by atomic mass is 10.4. The first-order chi connectivity index (χ1) is 10.7. The first kappa shape index (κ1) is 18.3. The molecule has 0 radical (unpaired) electrons. The number of epoxide rings is 2. The number of hydrogen-bond acceptors (Lipinski definition) is 6. The molecule has 0 aromatic carbocycles. The SMILES string of the molecule is CCO[Si](CC)(CCC(OCC1CO1)OCC1CO1)OCC. The Morgan fingerprint density at radius 3 is 1.82 bits per heavy atom. The van der Waals surface area contributed by atoms with Gasteiger partial charge in [-0.15, -0.1) is 0 Å². The molecule has 0 saturated carbocycles. The summed E-state index contributed by atoms with van der Waals surface area (Å²) in [7, 11) is -2.14. The lowest BCUT2D eigenvalue weighted by Crippen LogP contribution is -2.42. The van der Waals surface area contributed by atoms with E-state index in [1.54, 1.807) is 0 Å². The van der Waals surface area contributed by atoms with Crippen LogP contribution in [0.4, 0.5) is 0 Å². The summed E-state index contributed by atoms with van der Waals surface area (Å²) in [6.45, 7) is 10.4. The average molecular weight is 334 g/mol. The van der Waals surface area contributed by atoms with Gasteiger partial charge in [-0.1, -0.05) is 6.92 Å². The highest BCUT2D eigenvalue weighted by Gasteiger charge is 2.36. The van der Waals surface area contributed by atoms with Gasteiger partial charge in [0, 0.05) is 19.6 Å². The van der Waals surface area contributed by atoms with Crippen LogP contribution in [0, 0.1) is 0 Å². The smallest absolute Gasteiger partial charge is 0.338 e. The minimum Gasteiger partial charge on any atom is -0.394 e. The van der Waals surface area contributed by atoms with Gasteiger partial charge in [0.1, 0.15) is 12.2 Å². The Morgan fingerprint density at radius 1 is 0.955 bits per heavy atom. The standard InChI is InChI=1S/C15H30O6Si/c1-4-20-22(6-3,21-5-2)8-7-15(18-11-13-9-16-13)19-12-14-10-17-14/h13-15H,4-12H2,1-3H3. The zero-order chi connectivity index (χ0) is 15.8. The van der Waals surface area contributed by atoms with Crippen LogP contribution in [0.5, 0.6) is 0 Å². The third-order valence-electron chi connectivity index (χ3n) is 3.86. The molecule has 0 aromatic heterocycles. The largest absolute Gasteiger partial charge is 0.394 e. The summed E-state index contributed by atoms with van der Waals surface area (Å²) >= 11 is 0. The molecule has 2 atom stereocenters. The van der Waals surface area contributed by atoms with Crippen LogP contribution in [-0.2, 0) is 27.8 Å². The van der Waals surface area contributed by atoms with E-state index in [4.69, 9.17) is 27.8 Å². The van der Waals surface area contributed by atoms with Gasteiger partial charge in [0.05, 0.1) is 26.4 Å². The molecule has 6 nitrogen and oxygen atoms in total. The topological polar surface area (TPSA) is 62.0 Å². The van der Waals surface area contributed by atoms with Crippen molar-refractivity contribution in [1.29, 1.82) is 0 Å². The molecule has 2 rings (SSSR count). The fourth-order valence-electron chi connectivity index (χ4n) is 2.40. The summed E-state index contributed by atoms with van der Waals surface area (Å²) in [6, 6.07) is 1.83. The van der Waals surface area contributed by atoms with Crippen LogP contribution in [0.15, 0.2) is 0 Å². The first-order valence-electron chi connectivity index (χ1n) is 8.45. The lowest BCUT2D eigenvalue weighted by molar-refractivity contribution is -0.149. The molecule has 7 heteroatoms. The second-order valence-corrected chi connectivity index (χ2v) is 9.28. The van der Waals surface area contributed by atoms with Gasteiger partial charge in [0.15, 0.2) is 6.29 Å². The van der Waals surface area contributed by atoms with Crippen molar-refractivity contribution in [2.45, 2.75) is 57.8 Å². The minimum absolute atomic E-state index is 0.229. The van der Waals surface area contributed by atoms with Crippen molar-refractivity contribution in [3.8, 4) is 0 Å². The molecule has 22 heavy (non-hydrogen) atoms. The van der Waals surface area contributed by atoms with Gasteiger partial charge in [-0.05, 0) is 25.9 Å². The number of rotatable bonds is 14. The van der Waals surface area contributed by atoms with E-state index in [9.17, 15) is 0 Å². The van der Waals surface area contributed by atoms with Crippen LogP contribution in [0.25, 0.3) is 0 Å². The molecule has 2 aliphatic heterocycles. The van der Waals surface area contributed by atoms with Gasteiger partial charge in [-0.2, -0.15) is 0 Å². The third-order valence-corrected chi connectivity index (χ3v) is 7.61. The maximum absolute atomic E-state index is 6.00. The van der Waals surface area contributed by atoms with Crippen LogP contribution >= 0.6 is 0 Å². The fourth-order valence-corrected chi connectivity index (χ4v) is 5.26. The van der Waals surface area contributed by atoms with Gasteiger partial charge in [0.25, 0.3) is 0 Å². The van der Waals surface area contributed by atoms with Crippen molar-refractivity contribution >= 4 is 8.56 Å². The van der Waals surface area contributed by atoms with E-state index >= 15 is 0 Å². The highest BCUT2D eigenvalue weighted by atomic mass is 28.4. The molecule has 2 unspecified atom stereocenters. The molecule has 0 aliphatic carbocycles. The Labute approximate surface area is 134 Å². The molecule has 0 spiro atoms. The van der Waals surface area contributed by atoms with Crippen molar-refractivity contribution in [2.75, 3.05) is 39.6 Å². The fraction of sp³-hybridized carbons (Fsp3) is 1.00. The predicted molar refractivity (Wildman–Crippen MR) is 84.1 cm³/mol. The summed E-state index contributed by atoms with van der Waals surface area (Å²) in [5, 5.41) is 0. The molecule has 2 fully saturated rings. The summed E-state index contributed by atoms with van der Waals surface area (Å²) in [5.74, 6) is 0. The monoisotopic (exact) mass is 334 g/mol. The molecule has 0 amide bonds. The predicted octanol–water partition coefficient (Wildman–Crippen LogP) is 2.07. The summed E-state index contributed by atoms with van der Waals surface area (Å²) in [6.07, 6.45) is 1.05. The zero-order valence-corrected chi connectivity index (χ0v) is 15.0. The van der Waals surface area contributed by atoms with Crippen molar-refractivity contribution in [1.82, 2.24) is 0 Å². The van der Waals surface area contributed by atoms with E-state index in [1.807, 2.05) is 13.8 Å². The lowest BCUT2D eigenvalue weighted by Gasteiger charge is -2.30. The second-order valence-electron chi connectivity index (χ2n) is 5.68. The Morgan fingerprint density at radius 2 is 1.45 bits per heavy atom. The van der Waals surface area contributed by atoms with E-state index in [0.29, 0.717) is 26.4 Å². The normalized spacial score (nSPS) is 25.2. The van der Waals surface area contributed by atoms with Gasteiger partial charge in [-0.25, -0.2) is 0 Å². The molecular weight excluding hydrogens is 304 g/mol. The maximum Gasteiger partial charge on any atom is 0.338 e. The van der Waals surface area contributed by atoms with Crippen LogP contribution in [0.3, 0.4) is 0 Å². The summed E-state index contributed by atoms with van der Waals surface area (Å²) in [5.41, 5.74) is 0. The van der Waals surface area contributed by atoms with Crippen molar-refractivity contribution in [2.24, 2.45) is 0 Å². The van der Waals surface area contributed by atoms with E-state index in [1.165, 1.54) is 0 Å². The summed E-state index contributed by atoms with van der Waals surface area (Å²) < 4.78 is 34.1. The van der Waals surface area contributed by atoms with Crippen molar-refractivity contribution in [3.63, 3.8) is 0 Å². The zero-order valence-electron chi connectivity index (χ0n) is 14.0. The molecule has 2 saturated heterocycles. The van der Waals surface area contributed by atoms with E-state index in [0.717, 1.165) is 31.7 Å². The van der Waals surface area contributed by atoms with Gasteiger partial charge in [-0.3, -0.25) is 0 Å².